The van der Waals surface area contributed by atoms with Crippen LogP contribution in [0.15, 0.2) is 12.1 Å². The maximum absolute atomic E-state index is 13.5. The van der Waals surface area contributed by atoms with Crippen LogP contribution in [0, 0.1) is 24.5 Å². The highest BCUT2D eigenvalue weighted by Gasteiger charge is 2.13. The Balaban J connectivity index is 2.73. The second-order valence-corrected chi connectivity index (χ2v) is 4.34. The molecule has 100 valence electrons. The van der Waals surface area contributed by atoms with Crippen molar-refractivity contribution in [1.29, 1.82) is 0 Å². The highest BCUT2D eigenvalue weighted by atomic mass is 19.1. The van der Waals surface area contributed by atoms with Crippen LogP contribution in [0.4, 0.5) is 14.5 Å². The summed E-state index contributed by atoms with van der Waals surface area (Å²) in [6, 6.07) is 2.05. The van der Waals surface area contributed by atoms with E-state index in [2.05, 4.69) is 5.32 Å². The van der Waals surface area contributed by atoms with E-state index in [1.54, 1.807) is 0 Å². The SMILES string of the molecule is CCC(CN)CC(=O)Nc1cc(F)c(C)cc1F. The summed E-state index contributed by atoms with van der Waals surface area (Å²) >= 11 is 0. The van der Waals surface area contributed by atoms with Crippen molar-refractivity contribution >= 4 is 11.6 Å². The Kier molecular flexibility index (Phi) is 5.22. The highest BCUT2D eigenvalue weighted by Crippen LogP contribution is 2.19. The molecule has 1 aromatic rings. The van der Waals surface area contributed by atoms with Crippen molar-refractivity contribution < 1.29 is 13.6 Å². The molecule has 0 spiro atoms. The molecule has 0 saturated heterocycles. The van der Waals surface area contributed by atoms with Crippen molar-refractivity contribution in [2.24, 2.45) is 11.7 Å². The topological polar surface area (TPSA) is 55.1 Å². The van der Waals surface area contributed by atoms with Crippen LogP contribution in [0.1, 0.15) is 25.3 Å². The quantitative estimate of drug-likeness (QED) is 0.850. The van der Waals surface area contributed by atoms with E-state index in [1.807, 2.05) is 6.92 Å². The van der Waals surface area contributed by atoms with E-state index in [0.717, 1.165) is 18.6 Å². The largest absolute Gasteiger partial charge is 0.330 e. The zero-order valence-electron chi connectivity index (χ0n) is 10.6. The Bertz CT molecular complexity index is 431. The summed E-state index contributed by atoms with van der Waals surface area (Å²) in [7, 11) is 0. The zero-order chi connectivity index (χ0) is 13.7. The van der Waals surface area contributed by atoms with Gasteiger partial charge in [0.25, 0.3) is 0 Å². The van der Waals surface area contributed by atoms with Crippen LogP contribution in [0.2, 0.25) is 0 Å². The normalized spacial score (nSPS) is 12.3. The average molecular weight is 256 g/mol. The zero-order valence-corrected chi connectivity index (χ0v) is 10.6. The molecule has 0 aliphatic carbocycles. The minimum atomic E-state index is -0.636. The molecule has 3 nitrogen and oxygen atoms in total. The number of carbonyl (C=O) groups excluding carboxylic acids is 1. The van der Waals surface area contributed by atoms with E-state index in [-0.39, 0.29) is 29.5 Å². The first-order valence-electron chi connectivity index (χ1n) is 5.93. The predicted octanol–water partition coefficient (Wildman–Crippen LogP) is 2.59. The van der Waals surface area contributed by atoms with Crippen LogP contribution >= 0.6 is 0 Å². The van der Waals surface area contributed by atoms with Gasteiger partial charge in [0.15, 0.2) is 0 Å². The van der Waals surface area contributed by atoms with Gasteiger partial charge < -0.3 is 11.1 Å². The van der Waals surface area contributed by atoms with Crippen molar-refractivity contribution in [2.75, 3.05) is 11.9 Å². The molecule has 0 aromatic heterocycles. The Morgan fingerprint density at radius 2 is 2.06 bits per heavy atom. The van der Waals surface area contributed by atoms with Gasteiger partial charge in [-0.05, 0) is 31.0 Å². The lowest BCUT2D eigenvalue weighted by Gasteiger charge is -2.12. The van der Waals surface area contributed by atoms with E-state index in [9.17, 15) is 13.6 Å². The number of rotatable bonds is 5. The number of benzene rings is 1. The number of carbonyl (C=O) groups is 1. The minimum Gasteiger partial charge on any atom is -0.330 e. The Morgan fingerprint density at radius 1 is 1.39 bits per heavy atom. The fourth-order valence-electron chi connectivity index (χ4n) is 1.60. The molecule has 3 N–H and O–H groups in total. The maximum Gasteiger partial charge on any atom is 0.224 e. The number of amides is 1. The lowest BCUT2D eigenvalue weighted by atomic mass is 10.0. The molecule has 0 aliphatic heterocycles. The van der Waals surface area contributed by atoms with Crippen LogP contribution in [-0.2, 0) is 4.79 Å². The molecule has 1 unspecified atom stereocenters. The molecular formula is C13H18F2N2O. The monoisotopic (exact) mass is 256 g/mol. The third kappa shape index (κ3) is 3.77. The molecule has 1 rings (SSSR count). The fourth-order valence-corrected chi connectivity index (χ4v) is 1.60. The number of aryl methyl sites for hydroxylation is 1. The molecule has 1 amide bonds. The maximum atomic E-state index is 13.5. The summed E-state index contributed by atoms with van der Waals surface area (Å²) in [6.07, 6.45) is 0.983. The number of nitrogens with one attached hydrogen (secondary N) is 1. The first-order valence-corrected chi connectivity index (χ1v) is 5.93. The first-order chi connectivity index (χ1) is 8.47. The van der Waals surface area contributed by atoms with Gasteiger partial charge in [-0.3, -0.25) is 4.79 Å². The molecule has 1 atom stereocenters. The Labute approximate surface area is 105 Å². The molecule has 0 bridgehead atoms. The van der Waals surface area contributed by atoms with Crippen molar-refractivity contribution in [3.8, 4) is 0 Å². The molecule has 0 heterocycles. The minimum absolute atomic E-state index is 0.0587. The van der Waals surface area contributed by atoms with Crippen LogP contribution in [0.3, 0.4) is 0 Å². The standard InChI is InChI=1S/C13H18F2N2O/c1-3-9(7-16)5-13(18)17-12-6-10(14)8(2)4-11(12)15/h4,6,9H,3,5,7,16H2,1-2H3,(H,17,18). The number of hydrogen-bond donors (Lipinski definition) is 2. The molecule has 18 heavy (non-hydrogen) atoms. The van der Waals surface area contributed by atoms with E-state index in [0.29, 0.717) is 6.54 Å². The molecular weight excluding hydrogens is 238 g/mol. The van der Waals surface area contributed by atoms with Crippen molar-refractivity contribution in [3.05, 3.63) is 29.3 Å². The molecule has 0 radical (unpaired) electrons. The van der Waals surface area contributed by atoms with Crippen LogP contribution < -0.4 is 11.1 Å². The average Bonchev–Trinajstić information content (AvgIpc) is 2.33. The third-order valence-electron chi connectivity index (χ3n) is 2.91. The molecule has 0 saturated carbocycles. The number of anilines is 1. The predicted molar refractivity (Wildman–Crippen MR) is 67.2 cm³/mol. The molecule has 0 aliphatic rings. The Morgan fingerprint density at radius 3 is 2.61 bits per heavy atom. The molecule has 5 heteroatoms. The van der Waals surface area contributed by atoms with Crippen LogP contribution in [-0.4, -0.2) is 12.5 Å². The third-order valence-corrected chi connectivity index (χ3v) is 2.91. The van der Waals surface area contributed by atoms with Gasteiger partial charge in [0.1, 0.15) is 11.6 Å². The van der Waals surface area contributed by atoms with Gasteiger partial charge in [0, 0.05) is 12.5 Å². The van der Waals surface area contributed by atoms with Gasteiger partial charge in [-0.25, -0.2) is 8.78 Å². The summed E-state index contributed by atoms with van der Waals surface area (Å²) in [6.45, 7) is 3.79. The fraction of sp³-hybridized carbons (Fsp3) is 0.462. The first kappa shape index (κ1) is 14.6. The van der Waals surface area contributed by atoms with Crippen molar-refractivity contribution in [1.82, 2.24) is 0 Å². The van der Waals surface area contributed by atoms with Gasteiger partial charge in [0.05, 0.1) is 5.69 Å². The number of nitrogens with two attached hydrogens (primary N) is 1. The number of halogens is 2. The molecule has 0 fully saturated rings. The van der Waals surface area contributed by atoms with Crippen molar-refractivity contribution in [3.63, 3.8) is 0 Å². The summed E-state index contributed by atoms with van der Waals surface area (Å²) in [4.78, 5) is 11.6. The van der Waals surface area contributed by atoms with Crippen LogP contribution in [0.25, 0.3) is 0 Å². The van der Waals surface area contributed by atoms with E-state index in [4.69, 9.17) is 5.73 Å². The second-order valence-electron chi connectivity index (χ2n) is 4.34. The van der Waals surface area contributed by atoms with E-state index in [1.165, 1.54) is 6.92 Å². The number of hydrogen-bond acceptors (Lipinski definition) is 2. The lowest BCUT2D eigenvalue weighted by Crippen LogP contribution is -2.22. The summed E-state index contributed by atoms with van der Waals surface area (Å²) in [5, 5.41) is 2.37. The van der Waals surface area contributed by atoms with Gasteiger partial charge in [-0.15, -0.1) is 0 Å². The Hall–Kier alpha value is -1.49. The van der Waals surface area contributed by atoms with E-state index < -0.39 is 11.6 Å². The smallest absolute Gasteiger partial charge is 0.224 e. The highest BCUT2D eigenvalue weighted by molar-refractivity contribution is 5.91. The molecule has 1 aromatic carbocycles. The van der Waals surface area contributed by atoms with E-state index >= 15 is 0 Å². The van der Waals surface area contributed by atoms with Gasteiger partial charge >= 0.3 is 0 Å². The second kappa shape index (κ2) is 6.44. The summed E-state index contributed by atoms with van der Waals surface area (Å²) in [5.41, 5.74) is 5.56. The van der Waals surface area contributed by atoms with Gasteiger partial charge in [-0.2, -0.15) is 0 Å². The summed E-state index contributed by atoms with van der Waals surface area (Å²) in [5.74, 6) is -1.47. The summed E-state index contributed by atoms with van der Waals surface area (Å²) < 4.78 is 26.8. The lowest BCUT2D eigenvalue weighted by molar-refractivity contribution is -0.117. The van der Waals surface area contributed by atoms with Crippen LogP contribution in [0.5, 0.6) is 0 Å². The van der Waals surface area contributed by atoms with Gasteiger partial charge in [0.2, 0.25) is 5.91 Å². The van der Waals surface area contributed by atoms with Gasteiger partial charge in [-0.1, -0.05) is 13.3 Å². The van der Waals surface area contributed by atoms with Crippen molar-refractivity contribution in [2.45, 2.75) is 26.7 Å².